The summed E-state index contributed by atoms with van der Waals surface area (Å²) in [5.74, 6) is -0.328. The molecule has 0 aliphatic heterocycles. The third kappa shape index (κ3) is 4.26. The van der Waals surface area contributed by atoms with Crippen molar-refractivity contribution in [2.24, 2.45) is 0 Å². The summed E-state index contributed by atoms with van der Waals surface area (Å²) < 4.78 is 50.1. The van der Waals surface area contributed by atoms with Crippen LogP contribution in [0.25, 0.3) is 0 Å². The molecule has 0 saturated carbocycles. The van der Waals surface area contributed by atoms with Crippen molar-refractivity contribution in [1.29, 1.82) is 0 Å². The van der Waals surface area contributed by atoms with Crippen LogP contribution in [0.1, 0.15) is 0 Å². The van der Waals surface area contributed by atoms with E-state index >= 15 is 0 Å². The van der Waals surface area contributed by atoms with E-state index < -0.39 is 20.0 Å². The summed E-state index contributed by atoms with van der Waals surface area (Å²) in [5.41, 5.74) is 5.80. The Kier molecular flexibility index (Phi) is 4.68. The second kappa shape index (κ2) is 5.65. The Balaban J connectivity index is 2.72. The van der Waals surface area contributed by atoms with Gasteiger partial charge in [0.2, 0.25) is 20.0 Å². The molecule has 0 fully saturated rings. The van der Waals surface area contributed by atoms with Gasteiger partial charge in [-0.05, 0) is 25.2 Å². The summed E-state index contributed by atoms with van der Waals surface area (Å²) in [6.07, 6.45) is 0. The lowest BCUT2D eigenvalue weighted by Crippen LogP contribution is -2.33. The minimum atomic E-state index is -3.74. The highest BCUT2D eigenvalue weighted by Crippen LogP contribution is 2.12. The molecule has 1 aromatic carbocycles. The zero-order valence-corrected chi connectivity index (χ0v) is 11.4. The lowest BCUT2D eigenvalue weighted by Gasteiger charge is -2.07. The monoisotopic (exact) mass is 293 g/mol. The van der Waals surface area contributed by atoms with Crippen molar-refractivity contribution in [3.8, 4) is 0 Å². The molecule has 0 spiro atoms. The number of nitrogens with two attached hydrogens (primary N) is 1. The van der Waals surface area contributed by atoms with E-state index in [4.69, 9.17) is 5.73 Å². The predicted octanol–water partition coefficient (Wildman–Crippen LogP) is -0.904. The van der Waals surface area contributed by atoms with E-state index in [0.29, 0.717) is 5.69 Å². The highest BCUT2D eigenvalue weighted by molar-refractivity contribution is 7.90. The third-order valence-corrected chi connectivity index (χ3v) is 4.96. The molecule has 0 aliphatic carbocycles. The molecule has 0 unspecified atom stereocenters. The van der Waals surface area contributed by atoms with Crippen LogP contribution in [0.5, 0.6) is 0 Å². The number of hydrogen-bond donors (Lipinski definition) is 3. The Hall–Kier alpha value is -1.16. The van der Waals surface area contributed by atoms with Gasteiger partial charge in [-0.25, -0.2) is 26.3 Å². The Morgan fingerprint density at radius 3 is 2.44 bits per heavy atom. The second-order valence-electron chi connectivity index (χ2n) is 3.49. The first-order valence-corrected chi connectivity index (χ1v) is 8.17. The SMILES string of the molecule is CNS(=O)(=O)CCNS(=O)(=O)c1cccc(N)c1. The molecule has 0 saturated heterocycles. The lowest BCUT2D eigenvalue weighted by atomic mass is 10.3. The van der Waals surface area contributed by atoms with Crippen LogP contribution in [-0.2, 0) is 20.0 Å². The van der Waals surface area contributed by atoms with Crippen molar-refractivity contribution in [3.63, 3.8) is 0 Å². The summed E-state index contributed by atoms with van der Waals surface area (Å²) in [5, 5.41) is 0. The van der Waals surface area contributed by atoms with Crippen LogP contribution in [0.15, 0.2) is 29.2 Å². The van der Waals surface area contributed by atoms with Gasteiger partial charge in [-0.2, -0.15) is 0 Å². The average Bonchev–Trinajstić information content (AvgIpc) is 2.28. The normalized spacial score (nSPS) is 12.5. The third-order valence-electron chi connectivity index (χ3n) is 2.14. The first kappa shape index (κ1) is 14.9. The topological polar surface area (TPSA) is 118 Å². The molecule has 0 heterocycles. The number of benzene rings is 1. The van der Waals surface area contributed by atoms with Crippen LogP contribution < -0.4 is 15.2 Å². The Bertz CT molecular complexity index is 610. The zero-order valence-electron chi connectivity index (χ0n) is 9.75. The van der Waals surface area contributed by atoms with Crippen molar-refractivity contribution < 1.29 is 16.8 Å². The Morgan fingerprint density at radius 2 is 1.89 bits per heavy atom. The number of nitrogens with one attached hydrogen (secondary N) is 2. The van der Waals surface area contributed by atoms with Crippen LogP contribution >= 0.6 is 0 Å². The number of anilines is 1. The van der Waals surface area contributed by atoms with E-state index in [2.05, 4.69) is 9.44 Å². The molecule has 0 amide bonds. The lowest BCUT2D eigenvalue weighted by molar-refractivity contribution is 0.578. The quantitative estimate of drug-likeness (QED) is 0.587. The fourth-order valence-electron chi connectivity index (χ4n) is 1.18. The van der Waals surface area contributed by atoms with Crippen LogP contribution in [0.4, 0.5) is 5.69 Å². The van der Waals surface area contributed by atoms with Gasteiger partial charge in [0.15, 0.2) is 0 Å². The second-order valence-corrected chi connectivity index (χ2v) is 7.31. The minimum absolute atomic E-state index is 0.00403. The molecule has 18 heavy (non-hydrogen) atoms. The molecule has 0 bridgehead atoms. The van der Waals surface area contributed by atoms with Gasteiger partial charge in [0, 0.05) is 12.2 Å². The van der Waals surface area contributed by atoms with E-state index in [1.165, 1.54) is 25.2 Å². The molecular formula is C9H15N3O4S2. The molecule has 0 aromatic heterocycles. The minimum Gasteiger partial charge on any atom is -0.399 e. The number of hydrogen-bond acceptors (Lipinski definition) is 5. The molecule has 9 heteroatoms. The summed E-state index contributed by atoms with van der Waals surface area (Å²) in [6, 6.07) is 5.75. The van der Waals surface area contributed by atoms with Crippen LogP contribution in [-0.4, -0.2) is 36.2 Å². The zero-order chi connectivity index (χ0) is 13.8. The molecule has 7 nitrogen and oxygen atoms in total. The van der Waals surface area contributed by atoms with E-state index in [-0.39, 0.29) is 17.2 Å². The van der Waals surface area contributed by atoms with Crippen LogP contribution in [0.2, 0.25) is 0 Å². The molecule has 0 aliphatic rings. The van der Waals surface area contributed by atoms with Crippen molar-refractivity contribution >= 4 is 25.7 Å². The standard InChI is InChI=1S/C9H15N3O4S2/c1-11-17(13,14)6-5-12-18(15,16)9-4-2-3-8(10)7-9/h2-4,7,11-12H,5-6,10H2,1H3. The van der Waals surface area contributed by atoms with Gasteiger partial charge in [0.25, 0.3) is 0 Å². The van der Waals surface area contributed by atoms with Gasteiger partial charge in [-0.3, -0.25) is 0 Å². The van der Waals surface area contributed by atoms with Gasteiger partial charge in [0.05, 0.1) is 10.6 Å². The summed E-state index contributed by atoms with van der Waals surface area (Å²) in [7, 11) is -5.90. The van der Waals surface area contributed by atoms with E-state index in [9.17, 15) is 16.8 Å². The summed E-state index contributed by atoms with van der Waals surface area (Å²) in [4.78, 5) is 0.00403. The predicted molar refractivity (Wildman–Crippen MR) is 68.9 cm³/mol. The fourth-order valence-corrected chi connectivity index (χ4v) is 2.97. The van der Waals surface area contributed by atoms with E-state index in [1.54, 1.807) is 6.07 Å². The van der Waals surface area contributed by atoms with Crippen molar-refractivity contribution in [2.75, 3.05) is 25.1 Å². The highest BCUT2D eigenvalue weighted by atomic mass is 32.2. The Morgan fingerprint density at radius 1 is 1.22 bits per heavy atom. The van der Waals surface area contributed by atoms with E-state index in [1.807, 2.05) is 0 Å². The van der Waals surface area contributed by atoms with Gasteiger partial charge >= 0.3 is 0 Å². The summed E-state index contributed by atoms with van der Waals surface area (Å²) >= 11 is 0. The molecule has 1 rings (SSSR count). The maximum absolute atomic E-state index is 11.8. The summed E-state index contributed by atoms with van der Waals surface area (Å²) in [6.45, 7) is -0.208. The van der Waals surface area contributed by atoms with Crippen molar-refractivity contribution in [3.05, 3.63) is 24.3 Å². The number of sulfonamides is 2. The largest absolute Gasteiger partial charge is 0.399 e. The number of nitrogen functional groups attached to an aromatic ring is 1. The Labute approximate surface area is 106 Å². The van der Waals surface area contributed by atoms with Crippen LogP contribution in [0.3, 0.4) is 0 Å². The van der Waals surface area contributed by atoms with Gasteiger partial charge in [0.1, 0.15) is 0 Å². The molecule has 0 atom stereocenters. The average molecular weight is 293 g/mol. The van der Waals surface area contributed by atoms with Crippen LogP contribution in [0, 0.1) is 0 Å². The van der Waals surface area contributed by atoms with Crippen molar-refractivity contribution in [2.45, 2.75) is 4.90 Å². The smallest absolute Gasteiger partial charge is 0.240 e. The number of rotatable bonds is 6. The van der Waals surface area contributed by atoms with Gasteiger partial charge < -0.3 is 5.73 Å². The maximum Gasteiger partial charge on any atom is 0.240 e. The molecule has 102 valence electrons. The maximum atomic E-state index is 11.8. The molecule has 1 aromatic rings. The van der Waals surface area contributed by atoms with Gasteiger partial charge in [-0.15, -0.1) is 0 Å². The fraction of sp³-hybridized carbons (Fsp3) is 0.333. The van der Waals surface area contributed by atoms with Crippen molar-refractivity contribution in [1.82, 2.24) is 9.44 Å². The highest BCUT2D eigenvalue weighted by Gasteiger charge is 2.15. The van der Waals surface area contributed by atoms with Gasteiger partial charge in [-0.1, -0.05) is 6.07 Å². The first-order chi connectivity index (χ1) is 8.27. The van der Waals surface area contributed by atoms with E-state index in [0.717, 1.165) is 0 Å². The molecular weight excluding hydrogens is 278 g/mol. The molecule has 4 N–H and O–H groups in total. The first-order valence-electron chi connectivity index (χ1n) is 5.03. The molecule has 0 radical (unpaired) electrons.